The van der Waals surface area contributed by atoms with E-state index in [4.69, 9.17) is 0 Å². The van der Waals surface area contributed by atoms with E-state index in [-0.39, 0.29) is 10.8 Å². The van der Waals surface area contributed by atoms with Gasteiger partial charge >= 0.3 is 0 Å². The first kappa shape index (κ1) is 12.4. The molecule has 0 aliphatic heterocycles. The van der Waals surface area contributed by atoms with Crippen LogP contribution in [0.25, 0.3) is 6.08 Å². The third-order valence-corrected chi connectivity index (χ3v) is 2.58. The topological polar surface area (TPSA) is 60.2 Å². The second-order valence-electron chi connectivity index (χ2n) is 3.02. The Hall–Kier alpha value is -1.62. The Balaban J connectivity index is 2.73. The lowest BCUT2D eigenvalue weighted by Gasteiger charge is -1.96. The Kier molecular flexibility index (Phi) is 4.72. The number of benzene rings is 1. The first-order valence-electron chi connectivity index (χ1n) is 4.64. The van der Waals surface area contributed by atoms with E-state index < -0.39 is 4.92 Å². The first-order valence-corrected chi connectivity index (χ1v) is 5.63. The van der Waals surface area contributed by atoms with Crippen molar-refractivity contribution < 1.29 is 9.72 Å². The highest BCUT2D eigenvalue weighted by Gasteiger charge is 2.08. The summed E-state index contributed by atoms with van der Waals surface area (Å²) in [5, 5.41) is 10.7. The number of rotatable bonds is 4. The second-order valence-corrected chi connectivity index (χ2v) is 4.22. The number of carbonyl (C=O) groups excluding carboxylic acids is 1. The molecule has 0 saturated heterocycles. The highest BCUT2D eigenvalue weighted by Crippen LogP contribution is 2.19. The third kappa shape index (κ3) is 3.86. The summed E-state index contributed by atoms with van der Waals surface area (Å²) in [6.45, 7) is 1.49. The van der Waals surface area contributed by atoms with E-state index in [1.54, 1.807) is 30.4 Å². The maximum atomic E-state index is 10.7. The molecule has 0 fully saturated rings. The smallest absolute Gasteiger partial charge is 0.276 e. The minimum absolute atomic E-state index is 0.0345. The summed E-state index contributed by atoms with van der Waals surface area (Å²) >= 11 is 1.17. The second kappa shape index (κ2) is 6.07. The van der Waals surface area contributed by atoms with Crippen molar-refractivity contribution in [2.24, 2.45) is 0 Å². The van der Waals surface area contributed by atoms with Gasteiger partial charge in [0.15, 0.2) is 5.12 Å². The van der Waals surface area contributed by atoms with Gasteiger partial charge in [0, 0.05) is 18.7 Å². The molecule has 1 rings (SSSR count). The highest BCUT2D eigenvalue weighted by atomic mass is 32.2. The van der Waals surface area contributed by atoms with E-state index >= 15 is 0 Å². The average molecular weight is 237 g/mol. The SMILES string of the molecule is CC(=O)SCC=Cc1ccccc1[N+](=O)[O-]. The monoisotopic (exact) mass is 237 g/mol. The van der Waals surface area contributed by atoms with Crippen LogP contribution in [0.3, 0.4) is 0 Å². The third-order valence-electron chi connectivity index (χ3n) is 1.81. The number of hydrogen-bond acceptors (Lipinski definition) is 4. The summed E-state index contributed by atoms with van der Waals surface area (Å²) in [7, 11) is 0. The van der Waals surface area contributed by atoms with E-state index in [1.807, 2.05) is 0 Å². The maximum absolute atomic E-state index is 10.7. The van der Waals surface area contributed by atoms with Crippen LogP contribution in [0.15, 0.2) is 30.3 Å². The number of nitro groups is 1. The van der Waals surface area contributed by atoms with Crippen LogP contribution in [0.5, 0.6) is 0 Å². The van der Waals surface area contributed by atoms with Crippen LogP contribution >= 0.6 is 11.8 Å². The largest absolute Gasteiger partial charge is 0.288 e. The number of nitrogens with zero attached hydrogens (tertiary/aromatic N) is 1. The Bertz CT molecular complexity index is 429. The molecule has 84 valence electrons. The molecule has 0 aliphatic carbocycles. The Morgan fingerprint density at radius 1 is 1.50 bits per heavy atom. The number of carbonyl (C=O) groups is 1. The van der Waals surface area contributed by atoms with Gasteiger partial charge in [-0.15, -0.1) is 0 Å². The van der Waals surface area contributed by atoms with Crippen molar-refractivity contribution in [1.82, 2.24) is 0 Å². The predicted molar refractivity (Wildman–Crippen MR) is 65.3 cm³/mol. The lowest BCUT2D eigenvalue weighted by molar-refractivity contribution is -0.385. The summed E-state index contributed by atoms with van der Waals surface area (Å²) in [6.07, 6.45) is 3.41. The minimum atomic E-state index is -0.419. The zero-order valence-corrected chi connectivity index (χ0v) is 9.57. The Morgan fingerprint density at radius 2 is 2.19 bits per heavy atom. The molecule has 0 bridgehead atoms. The molecule has 0 radical (unpaired) electrons. The molecule has 0 heterocycles. The predicted octanol–water partition coefficient (Wildman–Crippen LogP) is 2.89. The van der Waals surface area contributed by atoms with Crippen LogP contribution in [0.1, 0.15) is 12.5 Å². The van der Waals surface area contributed by atoms with E-state index in [2.05, 4.69) is 0 Å². The van der Waals surface area contributed by atoms with Crippen molar-refractivity contribution in [2.75, 3.05) is 5.75 Å². The zero-order valence-electron chi connectivity index (χ0n) is 8.75. The van der Waals surface area contributed by atoms with Crippen LogP contribution in [0, 0.1) is 10.1 Å². The van der Waals surface area contributed by atoms with Gasteiger partial charge in [0.2, 0.25) is 0 Å². The standard InChI is InChI=1S/C11H11NO3S/c1-9(13)16-8-4-6-10-5-2-3-7-11(10)12(14)15/h2-7H,8H2,1H3. The first-order chi connectivity index (χ1) is 7.61. The van der Waals surface area contributed by atoms with Crippen LogP contribution in [-0.2, 0) is 4.79 Å². The van der Waals surface area contributed by atoms with Crippen LogP contribution < -0.4 is 0 Å². The van der Waals surface area contributed by atoms with Gasteiger partial charge < -0.3 is 0 Å². The number of hydrogen-bond donors (Lipinski definition) is 0. The quantitative estimate of drug-likeness (QED) is 0.596. The summed E-state index contributed by atoms with van der Waals surface area (Å²) in [5.74, 6) is 0.529. The molecule has 1 aromatic carbocycles. The van der Waals surface area contributed by atoms with Gasteiger partial charge in [0.05, 0.1) is 10.5 Å². The van der Waals surface area contributed by atoms with E-state index in [0.29, 0.717) is 11.3 Å². The van der Waals surface area contributed by atoms with Gasteiger partial charge in [-0.2, -0.15) is 0 Å². The molecular weight excluding hydrogens is 226 g/mol. The van der Waals surface area contributed by atoms with Crippen molar-refractivity contribution in [3.63, 3.8) is 0 Å². The molecule has 0 N–H and O–H groups in total. The Morgan fingerprint density at radius 3 is 2.81 bits per heavy atom. The van der Waals surface area contributed by atoms with E-state index in [9.17, 15) is 14.9 Å². The molecule has 0 spiro atoms. The van der Waals surface area contributed by atoms with E-state index in [0.717, 1.165) is 0 Å². The molecule has 5 heteroatoms. The molecule has 0 unspecified atom stereocenters. The lowest BCUT2D eigenvalue weighted by Crippen LogP contribution is -1.90. The van der Waals surface area contributed by atoms with Crippen molar-refractivity contribution >= 4 is 28.6 Å². The zero-order chi connectivity index (χ0) is 12.0. The fraction of sp³-hybridized carbons (Fsp3) is 0.182. The fourth-order valence-electron chi connectivity index (χ4n) is 1.14. The number of para-hydroxylation sites is 1. The van der Waals surface area contributed by atoms with Gasteiger partial charge in [0.25, 0.3) is 5.69 Å². The minimum Gasteiger partial charge on any atom is -0.288 e. The van der Waals surface area contributed by atoms with Gasteiger partial charge in [-0.05, 0) is 6.07 Å². The summed E-state index contributed by atoms with van der Waals surface area (Å²) < 4.78 is 0. The number of thioether (sulfide) groups is 1. The molecule has 4 nitrogen and oxygen atoms in total. The lowest BCUT2D eigenvalue weighted by atomic mass is 10.2. The molecule has 0 saturated carbocycles. The van der Waals surface area contributed by atoms with Crippen molar-refractivity contribution in [1.29, 1.82) is 0 Å². The Labute approximate surface area is 97.5 Å². The summed E-state index contributed by atoms with van der Waals surface area (Å²) in [4.78, 5) is 20.9. The number of nitro benzene ring substituents is 1. The van der Waals surface area contributed by atoms with Crippen LogP contribution in [-0.4, -0.2) is 15.8 Å². The fourth-order valence-corrected chi connectivity index (χ4v) is 1.56. The highest BCUT2D eigenvalue weighted by molar-refractivity contribution is 8.13. The van der Waals surface area contributed by atoms with Gasteiger partial charge in [0.1, 0.15) is 0 Å². The molecule has 0 atom stereocenters. The molecular formula is C11H11NO3S. The van der Waals surface area contributed by atoms with Gasteiger partial charge in [-0.3, -0.25) is 14.9 Å². The molecule has 0 amide bonds. The molecule has 0 aliphatic rings. The molecule has 0 aromatic heterocycles. The summed E-state index contributed by atoms with van der Waals surface area (Å²) in [6, 6.07) is 6.50. The van der Waals surface area contributed by atoms with Crippen molar-refractivity contribution in [3.05, 3.63) is 46.0 Å². The van der Waals surface area contributed by atoms with Gasteiger partial charge in [-0.25, -0.2) is 0 Å². The van der Waals surface area contributed by atoms with Crippen LogP contribution in [0.2, 0.25) is 0 Å². The van der Waals surface area contributed by atoms with Gasteiger partial charge in [-0.1, -0.05) is 36.0 Å². The summed E-state index contributed by atoms with van der Waals surface area (Å²) in [5.41, 5.74) is 0.628. The van der Waals surface area contributed by atoms with Crippen LogP contribution in [0.4, 0.5) is 5.69 Å². The normalized spacial score (nSPS) is 10.6. The maximum Gasteiger partial charge on any atom is 0.276 e. The van der Waals surface area contributed by atoms with E-state index in [1.165, 1.54) is 24.8 Å². The average Bonchev–Trinajstić information content (AvgIpc) is 2.24. The molecule has 16 heavy (non-hydrogen) atoms. The molecule has 1 aromatic rings. The van der Waals surface area contributed by atoms with Crippen molar-refractivity contribution in [3.8, 4) is 0 Å². The van der Waals surface area contributed by atoms with Crippen molar-refractivity contribution in [2.45, 2.75) is 6.92 Å².